The summed E-state index contributed by atoms with van der Waals surface area (Å²) in [6.07, 6.45) is -0.267. The summed E-state index contributed by atoms with van der Waals surface area (Å²) in [6.45, 7) is 8.16. The first kappa shape index (κ1) is 15.8. The molecule has 4 heteroatoms. The molecule has 1 nitrogen and oxygen atoms in total. The maximum Gasteiger partial charge on any atom is 0.416 e. The van der Waals surface area contributed by atoms with Crippen LogP contribution in [0.4, 0.5) is 13.2 Å². The van der Waals surface area contributed by atoms with Gasteiger partial charge in [0.05, 0.1) is 5.56 Å². The Balaban J connectivity index is 2.66. The number of halogens is 3. The Bertz CT molecular complexity index is 381. The van der Waals surface area contributed by atoms with Crippen LogP contribution in [0.2, 0.25) is 0 Å². The van der Waals surface area contributed by atoms with Gasteiger partial charge in [-0.2, -0.15) is 13.2 Å². The topological polar surface area (TPSA) is 3.24 Å². The fourth-order valence-electron chi connectivity index (χ4n) is 1.86. The zero-order valence-corrected chi connectivity index (χ0v) is 11.2. The molecule has 1 rings (SSSR count). The van der Waals surface area contributed by atoms with Crippen LogP contribution in [-0.2, 0) is 12.7 Å². The number of nitrogens with zero attached hydrogens (tertiary/aromatic N) is 1. The molecule has 0 aliphatic carbocycles. The molecule has 0 aliphatic heterocycles. The second-order valence-electron chi connectivity index (χ2n) is 4.57. The zero-order valence-electron chi connectivity index (χ0n) is 11.2. The normalized spacial score (nSPS) is 11.8. The van der Waals surface area contributed by atoms with E-state index < -0.39 is 11.7 Å². The van der Waals surface area contributed by atoms with E-state index in [0.29, 0.717) is 6.54 Å². The summed E-state index contributed by atoms with van der Waals surface area (Å²) in [7, 11) is 0. The van der Waals surface area contributed by atoms with Gasteiger partial charge in [-0.1, -0.05) is 31.6 Å². The van der Waals surface area contributed by atoms with E-state index in [1.807, 2.05) is 6.08 Å². The number of alkyl halides is 3. The second kappa shape index (κ2) is 7.34. The summed E-state index contributed by atoms with van der Waals surface area (Å²) < 4.78 is 37.3. The van der Waals surface area contributed by atoms with Crippen LogP contribution < -0.4 is 0 Å². The predicted molar refractivity (Wildman–Crippen MR) is 71.8 cm³/mol. The van der Waals surface area contributed by atoms with Crippen molar-refractivity contribution in [3.63, 3.8) is 0 Å². The highest BCUT2D eigenvalue weighted by Crippen LogP contribution is 2.29. The van der Waals surface area contributed by atoms with Gasteiger partial charge in [0.25, 0.3) is 0 Å². The highest BCUT2D eigenvalue weighted by Gasteiger charge is 2.29. The van der Waals surface area contributed by atoms with Gasteiger partial charge < -0.3 is 0 Å². The molecule has 0 bridgehead atoms. The molecule has 0 aliphatic rings. The first-order valence-electron chi connectivity index (χ1n) is 6.46. The molecule has 0 saturated carbocycles. The summed E-state index contributed by atoms with van der Waals surface area (Å²) in [5.74, 6) is 0. The average molecular weight is 271 g/mol. The molecule has 0 unspecified atom stereocenters. The van der Waals surface area contributed by atoms with Crippen molar-refractivity contribution in [3.05, 3.63) is 48.0 Å². The lowest BCUT2D eigenvalue weighted by Gasteiger charge is -2.20. The van der Waals surface area contributed by atoms with Crippen molar-refractivity contribution >= 4 is 0 Å². The van der Waals surface area contributed by atoms with E-state index in [1.165, 1.54) is 0 Å². The maximum atomic E-state index is 12.4. The highest BCUT2D eigenvalue weighted by molar-refractivity contribution is 5.24. The molecule has 0 radical (unpaired) electrons. The van der Waals surface area contributed by atoms with Gasteiger partial charge in [0.1, 0.15) is 0 Å². The highest BCUT2D eigenvalue weighted by atomic mass is 19.4. The molecule has 1 aromatic carbocycles. The maximum absolute atomic E-state index is 12.4. The Hall–Kier alpha value is -1.29. The van der Waals surface area contributed by atoms with Crippen LogP contribution in [0.25, 0.3) is 0 Å². The Morgan fingerprint density at radius 1 is 1.21 bits per heavy atom. The van der Waals surface area contributed by atoms with Crippen LogP contribution in [0.3, 0.4) is 0 Å². The molecule has 0 heterocycles. The fourth-order valence-corrected chi connectivity index (χ4v) is 1.86. The van der Waals surface area contributed by atoms with Gasteiger partial charge in [-0.05, 0) is 30.7 Å². The van der Waals surface area contributed by atoms with E-state index in [-0.39, 0.29) is 0 Å². The first-order chi connectivity index (χ1) is 8.97. The minimum Gasteiger partial charge on any atom is -0.295 e. The van der Waals surface area contributed by atoms with Crippen molar-refractivity contribution in [2.75, 3.05) is 13.1 Å². The van der Waals surface area contributed by atoms with Crippen LogP contribution in [0, 0.1) is 0 Å². The molecule has 1 aromatic rings. The smallest absolute Gasteiger partial charge is 0.295 e. The van der Waals surface area contributed by atoms with Crippen LogP contribution in [0.15, 0.2) is 36.9 Å². The van der Waals surface area contributed by atoms with E-state index in [1.54, 1.807) is 12.1 Å². The van der Waals surface area contributed by atoms with Crippen LogP contribution in [0.5, 0.6) is 0 Å². The van der Waals surface area contributed by atoms with E-state index in [2.05, 4.69) is 18.4 Å². The fraction of sp³-hybridized carbons (Fsp3) is 0.467. The zero-order chi connectivity index (χ0) is 14.3. The Morgan fingerprint density at radius 2 is 1.84 bits per heavy atom. The van der Waals surface area contributed by atoms with Crippen molar-refractivity contribution in [3.8, 4) is 0 Å². The van der Waals surface area contributed by atoms with Crippen molar-refractivity contribution in [2.24, 2.45) is 0 Å². The molecule has 0 atom stereocenters. The first-order valence-corrected chi connectivity index (χ1v) is 6.46. The van der Waals surface area contributed by atoms with Gasteiger partial charge in [-0.25, -0.2) is 0 Å². The average Bonchev–Trinajstić information content (AvgIpc) is 2.36. The molecule has 0 spiro atoms. The monoisotopic (exact) mass is 271 g/mol. The minimum atomic E-state index is -4.26. The van der Waals surface area contributed by atoms with Gasteiger partial charge >= 0.3 is 6.18 Å². The lowest BCUT2D eigenvalue weighted by Crippen LogP contribution is -2.24. The molecular weight excluding hydrogens is 251 g/mol. The molecule has 0 N–H and O–H groups in total. The van der Waals surface area contributed by atoms with E-state index in [0.717, 1.165) is 43.6 Å². The molecule has 0 saturated heterocycles. The van der Waals surface area contributed by atoms with E-state index in [9.17, 15) is 13.2 Å². The van der Waals surface area contributed by atoms with E-state index in [4.69, 9.17) is 0 Å². The predicted octanol–water partition coefficient (Wildman–Crippen LogP) is 4.49. The standard InChI is InChI=1S/C15H20F3N/c1-3-5-11-19(10-4-2)12-13-6-8-14(9-7-13)15(16,17)18/h4,6-9H,2-3,5,10-12H2,1H3. The lowest BCUT2D eigenvalue weighted by atomic mass is 10.1. The van der Waals surface area contributed by atoms with Crippen LogP contribution >= 0.6 is 0 Å². The van der Waals surface area contributed by atoms with Crippen molar-refractivity contribution < 1.29 is 13.2 Å². The summed E-state index contributed by atoms with van der Waals surface area (Å²) in [6, 6.07) is 5.37. The third-order valence-corrected chi connectivity index (χ3v) is 2.90. The summed E-state index contributed by atoms with van der Waals surface area (Å²) in [4.78, 5) is 2.18. The Kier molecular flexibility index (Phi) is 6.09. The summed E-state index contributed by atoms with van der Waals surface area (Å²) in [5.41, 5.74) is 0.297. The molecular formula is C15H20F3N. The molecule has 106 valence electrons. The van der Waals surface area contributed by atoms with Crippen LogP contribution in [-0.4, -0.2) is 18.0 Å². The molecule has 0 aromatic heterocycles. The number of unbranched alkanes of at least 4 members (excludes halogenated alkanes) is 1. The minimum absolute atomic E-state index is 0.597. The van der Waals surface area contributed by atoms with Gasteiger partial charge in [0.15, 0.2) is 0 Å². The largest absolute Gasteiger partial charge is 0.416 e. The lowest BCUT2D eigenvalue weighted by molar-refractivity contribution is -0.137. The molecule has 0 fully saturated rings. The van der Waals surface area contributed by atoms with Gasteiger partial charge in [-0.15, -0.1) is 6.58 Å². The molecule has 19 heavy (non-hydrogen) atoms. The second-order valence-corrected chi connectivity index (χ2v) is 4.57. The number of hydrogen-bond acceptors (Lipinski definition) is 1. The number of rotatable bonds is 7. The third-order valence-electron chi connectivity index (χ3n) is 2.90. The number of hydrogen-bond donors (Lipinski definition) is 0. The Labute approximate surface area is 112 Å². The third kappa shape index (κ3) is 5.47. The van der Waals surface area contributed by atoms with Crippen molar-refractivity contribution in [1.82, 2.24) is 4.90 Å². The van der Waals surface area contributed by atoms with Gasteiger partial charge in [0.2, 0.25) is 0 Å². The van der Waals surface area contributed by atoms with Crippen molar-refractivity contribution in [2.45, 2.75) is 32.5 Å². The quantitative estimate of drug-likeness (QED) is 0.660. The Morgan fingerprint density at radius 3 is 2.32 bits per heavy atom. The van der Waals surface area contributed by atoms with Gasteiger partial charge in [0, 0.05) is 13.1 Å². The van der Waals surface area contributed by atoms with E-state index >= 15 is 0 Å². The van der Waals surface area contributed by atoms with Crippen molar-refractivity contribution in [1.29, 1.82) is 0 Å². The van der Waals surface area contributed by atoms with Gasteiger partial charge in [-0.3, -0.25) is 4.90 Å². The summed E-state index contributed by atoms with van der Waals surface area (Å²) in [5, 5.41) is 0. The SMILES string of the molecule is C=CCN(CCCC)Cc1ccc(C(F)(F)F)cc1. The summed E-state index contributed by atoms with van der Waals surface area (Å²) >= 11 is 0. The molecule has 0 amide bonds. The number of benzene rings is 1. The van der Waals surface area contributed by atoms with Crippen LogP contribution in [0.1, 0.15) is 30.9 Å².